The Morgan fingerprint density at radius 3 is 2.75 bits per heavy atom. The molecule has 1 aromatic rings. The maximum absolute atomic E-state index is 13.0. The quantitative estimate of drug-likeness (QED) is 0.703. The van der Waals surface area contributed by atoms with E-state index in [0.717, 1.165) is 24.9 Å². The van der Waals surface area contributed by atoms with Crippen molar-refractivity contribution in [3.8, 4) is 0 Å². The van der Waals surface area contributed by atoms with Crippen LogP contribution in [0.15, 0.2) is 30.3 Å². The number of nitrogens with one attached hydrogen (secondary N) is 1. The van der Waals surface area contributed by atoms with E-state index >= 15 is 0 Å². The van der Waals surface area contributed by atoms with Crippen LogP contribution in [0.25, 0.3) is 0 Å². The van der Waals surface area contributed by atoms with E-state index < -0.39 is 0 Å². The topological polar surface area (TPSA) is 50.8 Å². The molecule has 5 heteroatoms. The first-order chi connectivity index (χ1) is 11.7. The summed E-state index contributed by atoms with van der Waals surface area (Å²) < 4.78 is 10.6. The highest BCUT2D eigenvalue weighted by molar-refractivity contribution is 5.79. The standard InChI is InChI=1S/C19H30N2O3/c1-16-14-18(8-9-20-16)19(22)21(10-11-24-13-12-23-2)15-17-6-4-3-5-7-17/h3-7,16,18,20H,8-15H2,1-2H3/t16-,18-/m0/s1. The van der Waals surface area contributed by atoms with Gasteiger partial charge in [0.1, 0.15) is 0 Å². The van der Waals surface area contributed by atoms with E-state index in [4.69, 9.17) is 9.47 Å². The number of hydrogen-bond donors (Lipinski definition) is 1. The van der Waals surface area contributed by atoms with E-state index in [1.165, 1.54) is 0 Å². The third-order valence-corrected chi connectivity index (χ3v) is 4.44. The molecule has 0 aliphatic carbocycles. The molecule has 0 radical (unpaired) electrons. The van der Waals surface area contributed by atoms with Crippen LogP contribution in [0.3, 0.4) is 0 Å². The van der Waals surface area contributed by atoms with Gasteiger partial charge in [0.15, 0.2) is 0 Å². The number of amides is 1. The van der Waals surface area contributed by atoms with Gasteiger partial charge in [0, 0.05) is 32.2 Å². The van der Waals surface area contributed by atoms with Crippen molar-refractivity contribution in [1.82, 2.24) is 10.2 Å². The Kier molecular flexibility index (Phi) is 8.22. The smallest absolute Gasteiger partial charge is 0.226 e. The summed E-state index contributed by atoms with van der Waals surface area (Å²) in [5, 5.41) is 3.41. The summed E-state index contributed by atoms with van der Waals surface area (Å²) in [5.41, 5.74) is 1.16. The SMILES string of the molecule is COCCOCCN(Cc1ccccc1)C(=O)[C@H]1CCN[C@@H](C)C1. The van der Waals surface area contributed by atoms with Crippen LogP contribution in [0, 0.1) is 5.92 Å². The molecule has 1 amide bonds. The Balaban J connectivity index is 1.94. The van der Waals surface area contributed by atoms with Gasteiger partial charge in [-0.3, -0.25) is 4.79 Å². The number of hydrogen-bond acceptors (Lipinski definition) is 4. The molecule has 0 spiro atoms. The molecule has 24 heavy (non-hydrogen) atoms. The average molecular weight is 334 g/mol. The zero-order valence-electron chi connectivity index (χ0n) is 14.9. The Morgan fingerprint density at radius 1 is 1.25 bits per heavy atom. The summed E-state index contributed by atoms with van der Waals surface area (Å²) >= 11 is 0. The summed E-state index contributed by atoms with van der Waals surface area (Å²) in [7, 11) is 1.66. The van der Waals surface area contributed by atoms with Crippen LogP contribution >= 0.6 is 0 Å². The highest BCUT2D eigenvalue weighted by Gasteiger charge is 2.28. The fourth-order valence-electron chi connectivity index (χ4n) is 3.10. The number of benzene rings is 1. The van der Waals surface area contributed by atoms with Crippen molar-refractivity contribution in [2.24, 2.45) is 5.92 Å². The first kappa shape index (κ1) is 18.9. The second kappa shape index (κ2) is 10.4. The molecule has 1 aliphatic heterocycles. The van der Waals surface area contributed by atoms with Gasteiger partial charge in [0.25, 0.3) is 0 Å². The summed E-state index contributed by atoms with van der Waals surface area (Å²) in [6.07, 6.45) is 1.83. The lowest BCUT2D eigenvalue weighted by atomic mass is 9.92. The molecule has 0 aromatic heterocycles. The number of methoxy groups -OCH3 is 1. The number of piperidine rings is 1. The molecule has 1 aliphatic rings. The Labute approximate surface area is 145 Å². The molecule has 1 fully saturated rings. The number of rotatable bonds is 9. The van der Waals surface area contributed by atoms with Crippen LogP contribution in [0.1, 0.15) is 25.3 Å². The van der Waals surface area contributed by atoms with E-state index in [-0.39, 0.29) is 11.8 Å². The van der Waals surface area contributed by atoms with Crippen LogP contribution in [-0.2, 0) is 20.8 Å². The molecule has 134 valence electrons. The van der Waals surface area contributed by atoms with Gasteiger partial charge in [-0.05, 0) is 31.9 Å². The first-order valence-corrected chi connectivity index (χ1v) is 8.83. The zero-order chi connectivity index (χ0) is 17.2. The van der Waals surface area contributed by atoms with Gasteiger partial charge in [-0.2, -0.15) is 0 Å². The second-order valence-electron chi connectivity index (χ2n) is 6.43. The van der Waals surface area contributed by atoms with Gasteiger partial charge in [0.05, 0.1) is 19.8 Å². The molecular formula is C19H30N2O3. The molecule has 1 N–H and O–H groups in total. The minimum Gasteiger partial charge on any atom is -0.382 e. The van der Waals surface area contributed by atoms with Crippen LogP contribution in [-0.4, -0.2) is 56.9 Å². The Morgan fingerprint density at radius 2 is 2.04 bits per heavy atom. The highest BCUT2D eigenvalue weighted by atomic mass is 16.5. The molecular weight excluding hydrogens is 304 g/mol. The molecule has 2 rings (SSSR count). The van der Waals surface area contributed by atoms with Crippen molar-refractivity contribution >= 4 is 5.91 Å². The maximum Gasteiger partial charge on any atom is 0.226 e. The van der Waals surface area contributed by atoms with Crippen molar-refractivity contribution in [3.05, 3.63) is 35.9 Å². The van der Waals surface area contributed by atoms with Gasteiger partial charge in [-0.1, -0.05) is 30.3 Å². The molecule has 0 saturated carbocycles. The zero-order valence-corrected chi connectivity index (χ0v) is 14.9. The van der Waals surface area contributed by atoms with Crippen LogP contribution in [0.2, 0.25) is 0 Å². The maximum atomic E-state index is 13.0. The van der Waals surface area contributed by atoms with E-state index in [1.807, 2.05) is 23.1 Å². The fraction of sp³-hybridized carbons (Fsp3) is 0.632. The predicted octanol–water partition coefficient (Wildman–Crippen LogP) is 2.07. The van der Waals surface area contributed by atoms with Gasteiger partial charge in [0.2, 0.25) is 5.91 Å². The average Bonchev–Trinajstić information content (AvgIpc) is 2.61. The van der Waals surface area contributed by atoms with Crippen LogP contribution in [0.5, 0.6) is 0 Å². The van der Waals surface area contributed by atoms with Gasteiger partial charge in [-0.15, -0.1) is 0 Å². The fourth-order valence-corrected chi connectivity index (χ4v) is 3.10. The highest BCUT2D eigenvalue weighted by Crippen LogP contribution is 2.20. The van der Waals surface area contributed by atoms with E-state index in [9.17, 15) is 4.79 Å². The van der Waals surface area contributed by atoms with E-state index in [1.54, 1.807) is 7.11 Å². The third-order valence-electron chi connectivity index (χ3n) is 4.44. The molecule has 1 heterocycles. The predicted molar refractivity (Wildman–Crippen MR) is 94.7 cm³/mol. The van der Waals surface area contributed by atoms with Crippen LogP contribution in [0.4, 0.5) is 0 Å². The largest absolute Gasteiger partial charge is 0.382 e. The summed E-state index contributed by atoms with van der Waals surface area (Å²) in [4.78, 5) is 14.9. The lowest BCUT2D eigenvalue weighted by molar-refractivity contribution is -0.138. The summed E-state index contributed by atoms with van der Waals surface area (Å²) in [6, 6.07) is 10.6. The molecule has 1 aromatic carbocycles. The normalized spacial score (nSPS) is 20.8. The second-order valence-corrected chi connectivity index (χ2v) is 6.43. The minimum atomic E-state index is 0.115. The Hall–Kier alpha value is -1.43. The van der Waals surface area contributed by atoms with Gasteiger partial charge >= 0.3 is 0 Å². The lowest BCUT2D eigenvalue weighted by Crippen LogP contribution is -2.44. The van der Waals surface area contributed by atoms with Crippen molar-refractivity contribution < 1.29 is 14.3 Å². The van der Waals surface area contributed by atoms with Crippen LogP contribution < -0.4 is 5.32 Å². The van der Waals surface area contributed by atoms with Gasteiger partial charge in [-0.25, -0.2) is 0 Å². The van der Waals surface area contributed by atoms with Crippen molar-refractivity contribution in [3.63, 3.8) is 0 Å². The number of nitrogens with zero attached hydrogens (tertiary/aromatic N) is 1. The van der Waals surface area contributed by atoms with Crippen molar-refractivity contribution in [2.45, 2.75) is 32.4 Å². The number of carbonyl (C=O) groups is 1. The number of carbonyl (C=O) groups excluding carboxylic acids is 1. The first-order valence-electron chi connectivity index (χ1n) is 8.83. The van der Waals surface area contributed by atoms with Gasteiger partial charge < -0.3 is 19.7 Å². The molecule has 5 nitrogen and oxygen atoms in total. The van der Waals surface area contributed by atoms with Crippen molar-refractivity contribution in [2.75, 3.05) is 40.0 Å². The Bertz CT molecular complexity index is 481. The minimum absolute atomic E-state index is 0.115. The van der Waals surface area contributed by atoms with E-state index in [2.05, 4.69) is 24.4 Å². The summed E-state index contributed by atoms with van der Waals surface area (Å²) in [5.74, 6) is 0.367. The molecule has 0 bridgehead atoms. The number of ether oxygens (including phenoxy) is 2. The molecule has 0 unspecified atom stereocenters. The monoisotopic (exact) mass is 334 g/mol. The third kappa shape index (κ3) is 6.23. The van der Waals surface area contributed by atoms with Crippen molar-refractivity contribution in [1.29, 1.82) is 0 Å². The molecule has 2 atom stereocenters. The van der Waals surface area contributed by atoms with E-state index in [0.29, 0.717) is 39.0 Å². The molecule has 1 saturated heterocycles. The lowest BCUT2D eigenvalue weighted by Gasteiger charge is -2.32. The summed E-state index contributed by atoms with van der Waals surface area (Å²) in [6.45, 7) is 6.02.